The van der Waals surface area contributed by atoms with Gasteiger partial charge in [0.05, 0.1) is 21.6 Å². The number of thiazole rings is 1. The van der Waals surface area contributed by atoms with E-state index in [1.165, 1.54) is 10.6 Å². The molecule has 1 aromatic heterocycles. The van der Waals surface area contributed by atoms with E-state index in [1.54, 1.807) is 11.3 Å². The van der Waals surface area contributed by atoms with Crippen LogP contribution in [0.3, 0.4) is 0 Å². The maximum absolute atomic E-state index is 12.4. The monoisotopic (exact) mass is 281 g/mol. The van der Waals surface area contributed by atoms with Gasteiger partial charge in [0.15, 0.2) is 0 Å². The van der Waals surface area contributed by atoms with Crippen LogP contribution in [0.4, 0.5) is 0 Å². The summed E-state index contributed by atoms with van der Waals surface area (Å²) in [5.74, 6) is 0.243. The van der Waals surface area contributed by atoms with Crippen molar-refractivity contribution in [1.29, 1.82) is 0 Å². The Kier molecular flexibility index (Phi) is 4.58. The molecule has 5 heteroatoms. The highest BCUT2D eigenvalue weighted by Gasteiger charge is 2.31. The Balaban J connectivity index is 2.16. The van der Waals surface area contributed by atoms with Crippen LogP contribution in [0.15, 0.2) is 0 Å². The van der Waals surface area contributed by atoms with Crippen molar-refractivity contribution >= 4 is 17.2 Å². The van der Waals surface area contributed by atoms with Gasteiger partial charge in [-0.3, -0.25) is 4.79 Å². The van der Waals surface area contributed by atoms with Crippen molar-refractivity contribution in [3.8, 4) is 0 Å². The Morgan fingerprint density at radius 2 is 2.37 bits per heavy atom. The number of amides is 1. The van der Waals surface area contributed by atoms with Gasteiger partial charge in [-0.2, -0.15) is 0 Å². The average molecular weight is 281 g/mol. The smallest absolute Gasteiger partial charge is 0.226 e. The molecule has 2 rings (SSSR count). The van der Waals surface area contributed by atoms with Crippen LogP contribution < -0.4 is 5.32 Å². The lowest BCUT2D eigenvalue weighted by Crippen LogP contribution is -2.39. The van der Waals surface area contributed by atoms with E-state index in [1.807, 2.05) is 32.8 Å². The third-order valence-corrected chi connectivity index (χ3v) is 4.89. The lowest BCUT2D eigenvalue weighted by molar-refractivity contribution is -0.136. The summed E-state index contributed by atoms with van der Waals surface area (Å²) in [7, 11) is 3.82. The van der Waals surface area contributed by atoms with E-state index in [4.69, 9.17) is 0 Å². The van der Waals surface area contributed by atoms with Crippen molar-refractivity contribution in [3.05, 3.63) is 15.6 Å². The minimum atomic E-state index is 0.0226. The van der Waals surface area contributed by atoms with Crippen LogP contribution in [0.25, 0.3) is 0 Å². The molecule has 1 aliphatic carbocycles. The number of nitrogens with one attached hydrogen (secondary N) is 1. The average Bonchev–Trinajstić information content (AvgIpc) is 2.77. The number of fused-ring (bicyclic) bond motifs is 1. The minimum Gasteiger partial charge on any atom is -0.338 e. The second-order valence-corrected chi connectivity index (χ2v) is 6.59. The van der Waals surface area contributed by atoms with Crippen LogP contribution >= 0.6 is 11.3 Å². The van der Waals surface area contributed by atoms with Crippen LogP contribution in [0.5, 0.6) is 0 Å². The molecule has 0 spiro atoms. The van der Waals surface area contributed by atoms with Gasteiger partial charge in [0.2, 0.25) is 5.91 Å². The van der Waals surface area contributed by atoms with Crippen LogP contribution in [-0.4, -0.2) is 36.4 Å². The molecule has 1 heterocycles. The summed E-state index contributed by atoms with van der Waals surface area (Å²) in [5.41, 5.74) is 1.21. The van der Waals surface area contributed by atoms with E-state index in [9.17, 15) is 4.79 Å². The highest BCUT2D eigenvalue weighted by atomic mass is 32.1. The predicted octanol–water partition coefficient (Wildman–Crippen LogP) is 2.14. The van der Waals surface area contributed by atoms with Gasteiger partial charge in [-0.05, 0) is 33.2 Å². The molecule has 0 fully saturated rings. The summed E-state index contributed by atoms with van der Waals surface area (Å²) < 4.78 is 0. The summed E-state index contributed by atoms with van der Waals surface area (Å²) in [6.07, 6.45) is 3.24. The SMILES string of the molecule is CNCC(C)C(=O)N(C)C1CCCc2nc(C)sc21. The number of aryl methyl sites for hydroxylation is 2. The van der Waals surface area contributed by atoms with Gasteiger partial charge in [0, 0.05) is 19.5 Å². The molecule has 0 saturated heterocycles. The lowest BCUT2D eigenvalue weighted by Gasteiger charge is -2.32. The Hall–Kier alpha value is -0.940. The molecule has 2 unspecified atom stereocenters. The molecule has 2 atom stereocenters. The van der Waals surface area contributed by atoms with Gasteiger partial charge in [0.1, 0.15) is 0 Å². The number of carbonyl (C=O) groups is 1. The first-order valence-electron chi connectivity index (χ1n) is 6.92. The molecule has 1 amide bonds. The summed E-state index contributed by atoms with van der Waals surface area (Å²) >= 11 is 1.75. The number of aromatic nitrogens is 1. The van der Waals surface area contributed by atoms with Crippen LogP contribution in [0, 0.1) is 12.8 Å². The van der Waals surface area contributed by atoms with Gasteiger partial charge in [0.25, 0.3) is 0 Å². The summed E-state index contributed by atoms with van der Waals surface area (Å²) in [6.45, 7) is 4.76. The highest BCUT2D eigenvalue weighted by Crippen LogP contribution is 2.37. The molecule has 0 bridgehead atoms. The first-order chi connectivity index (χ1) is 9.04. The fourth-order valence-electron chi connectivity index (χ4n) is 2.78. The Morgan fingerprint density at radius 3 is 3.05 bits per heavy atom. The molecule has 0 radical (unpaired) electrons. The number of hydrogen-bond donors (Lipinski definition) is 1. The fourth-order valence-corrected chi connectivity index (χ4v) is 3.94. The standard InChI is InChI=1S/C14H23N3OS/c1-9(8-15-3)14(18)17(4)12-7-5-6-11-13(12)19-10(2)16-11/h9,12,15H,5-8H2,1-4H3. The molecule has 4 nitrogen and oxygen atoms in total. The second-order valence-electron chi connectivity index (χ2n) is 5.36. The van der Waals surface area contributed by atoms with Crippen molar-refractivity contribution in [1.82, 2.24) is 15.2 Å². The van der Waals surface area contributed by atoms with Crippen LogP contribution in [0.1, 0.15) is 41.4 Å². The number of carbonyl (C=O) groups excluding carboxylic acids is 1. The first kappa shape index (κ1) is 14.5. The number of rotatable bonds is 4. The topological polar surface area (TPSA) is 45.2 Å². The van der Waals surface area contributed by atoms with Crippen LogP contribution in [-0.2, 0) is 11.2 Å². The highest BCUT2D eigenvalue weighted by molar-refractivity contribution is 7.11. The Morgan fingerprint density at radius 1 is 1.63 bits per heavy atom. The lowest BCUT2D eigenvalue weighted by atomic mass is 9.96. The van der Waals surface area contributed by atoms with Crippen molar-refractivity contribution in [2.75, 3.05) is 20.6 Å². The second kappa shape index (κ2) is 6.01. The third-order valence-electron chi connectivity index (χ3n) is 3.78. The third kappa shape index (κ3) is 2.98. The molecule has 0 aliphatic heterocycles. The molecule has 1 N–H and O–H groups in total. The van der Waals surface area contributed by atoms with E-state index in [0.29, 0.717) is 0 Å². The van der Waals surface area contributed by atoms with Gasteiger partial charge in [-0.15, -0.1) is 11.3 Å². The van der Waals surface area contributed by atoms with Gasteiger partial charge in [-0.1, -0.05) is 6.92 Å². The largest absolute Gasteiger partial charge is 0.338 e. The maximum Gasteiger partial charge on any atom is 0.226 e. The Bertz CT molecular complexity index is 458. The van der Waals surface area contributed by atoms with Crippen molar-refractivity contribution in [2.24, 2.45) is 5.92 Å². The minimum absolute atomic E-state index is 0.0226. The fraction of sp³-hybridized carbons (Fsp3) is 0.714. The van der Waals surface area contributed by atoms with E-state index in [2.05, 4.69) is 10.3 Å². The van der Waals surface area contributed by atoms with Crippen molar-refractivity contribution in [3.63, 3.8) is 0 Å². The molecule has 1 aliphatic rings. The van der Waals surface area contributed by atoms with Gasteiger partial charge < -0.3 is 10.2 Å². The zero-order valence-electron chi connectivity index (χ0n) is 12.2. The quantitative estimate of drug-likeness (QED) is 0.919. The van der Waals surface area contributed by atoms with Crippen molar-refractivity contribution < 1.29 is 4.79 Å². The van der Waals surface area contributed by atoms with Crippen LogP contribution in [0.2, 0.25) is 0 Å². The Labute approximate surface area is 119 Å². The summed E-state index contributed by atoms with van der Waals surface area (Å²) in [6, 6.07) is 0.224. The zero-order valence-corrected chi connectivity index (χ0v) is 13.0. The molecule has 0 saturated carbocycles. The molecule has 19 heavy (non-hydrogen) atoms. The molecular weight excluding hydrogens is 258 g/mol. The van der Waals surface area contributed by atoms with E-state index < -0.39 is 0 Å². The normalized spacial score (nSPS) is 19.9. The molecular formula is C14H23N3OS. The van der Waals surface area contributed by atoms with E-state index in [0.717, 1.165) is 30.8 Å². The van der Waals surface area contributed by atoms with E-state index in [-0.39, 0.29) is 17.9 Å². The van der Waals surface area contributed by atoms with Crippen molar-refractivity contribution in [2.45, 2.75) is 39.2 Å². The van der Waals surface area contributed by atoms with Gasteiger partial charge in [-0.25, -0.2) is 4.98 Å². The maximum atomic E-state index is 12.4. The molecule has 1 aromatic rings. The van der Waals surface area contributed by atoms with Gasteiger partial charge >= 0.3 is 0 Å². The molecule has 106 valence electrons. The predicted molar refractivity (Wildman–Crippen MR) is 78.4 cm³/mol. The molecule has 0 aromatic carbocycles. The van der Waals surface area contributed by atoms with E-state index >= 15 is 0 Å². The first-order valence-corrected chi connectivity index (χ1v) is 7.73. The summed E-state index contributed by atoms with van der Waals surface area (Å²) in [5, 5.41) is 4.18. The number of hydrogen-bond acceptors (Lipinski definition) is 4. The number of nitrogens with zero attached hydrogens (tertiary/aromatic N) is 2. The summed E-state index contributed by atoms with van der Waals surface area (Å²) in [4.78, 5) is 20.2. The zero-order chi connectivity index (χ0) is 14.0.